The summed E-state index contributed by atoms with van der Waals surface area (Å²) in [6.45, 7) is 3.57. The van der Waals surface area contributed by atoms with Crippen LogP contribution in [0.25, 0.3) is 22.4 Å². The van der Waals surface area contributed by atoms with Crippen LogP contribution in [0.4, 0.5) is 13.2 Å². The second-order valence-corrected chi connectivity index (χ2v) is 17.1. The smallest absolute Gasteiger partial charge is 0.421 e. The average Bonchev–Trinajstić information content (AvgIpc) is 3.60. The van der Waals surface area contributed by atoms with E-state index in [0.29, 0.717) is 73.1 Å². The molecule has 58 heavy (non-hydrogen) atoms. The Hall–Kier alpha value is -4.43. The maximum absolute atomic E-state index is 14.7. The van der Waals surface area contributed by atoms with E-state index < -0.39 is 40.7 Å². The Bertz CT molecular complexity index is 2200. The van der Waals surface area contributed by atoms with Gasteiger partial charge in [0, 0.05) is 47.9 Å². The number of methoxy groups -OCH3 is 2. The average molecular weight is 821 g/mol. The van der Waals surface area contributed by atoms with Crippen LogP contribution in [-0.4, -0.2) is 70.0 Å². The fourth-order valence-electron chi connectivity index (χ4n) is 9.72. The number of nitrogens with zero attached hydrogens (tertiary/aromatic N) is 3. The lowest BCUT2D eigenvalue weighted by molar-refractivity contribution is -0.159. The van der Waals surface area contributed by atoms with Gasteiger partial charge < -0.3 is 29.7 Å². The van der Waals surface area contributed by atoms with Crippen molar-refractivity contribution in [2.24, 2.45) is 11.3 Å². The normalized spacial score (nSPS) is 25.3. The maximum atomic E-state index is 14.7. The van der Waals surface area contributed by atoms with Gasteiger partial charge in [-0.15, -0.1) is 0 Å². The molecule has 2 aromatic carbocycles. The molecule has 2 saturated carbocycles. The van der Waals surface area contributed by atoms with Gasteiger partial charge in [-0.3, -0.25) is 9.69 Å². The minimum absolute atomic E-state index is 0.0165. The van der Waals surface area contributed by atoms with Gasteiger partial charge in [-0.1, -0.05) is 54.1 Å². The number of piperidine rings is 2. The van der Waals surface area contributed by atoms with Crippen LogP contribution in [0.1, 0.15) is 85.8 Å². The molecule has 4 aromatic rings. The molecule has 0 radical (unpaired) electrons. The number of benzene rings is 2. The molecule has 4 heterocycles. The molecular weight excluding hydrogens is 773 g/mol. The molecule has 0 spiro atoms. The van der Waals surface area contributed by atoms with Crippen molar-refractivity contribution in [3.05, 3.63) is 87.4 Å². The number of pyridine rings is 2. The number of aliphatic carboxylic acids is 1. The number of ether oxygens (including phenoxy) is 3. The van der Waals surface area contributed by atoms with Gasteiger partial charge in [0.25, 0.3) is 0 Å². The van der Waals surface area contributed by atoms with Gasteiger partial charge in [0.2, 0.25) is 17.6 Å². The first-order valence-electron chi connectivity index (χ1n) is 19.9. The molecule has 1 atom stereocenters. The van der Waals surface area contributed by atoms with Crippen molar-refractivity contribution in [2.75, 3.05) is 27.3 Å². The summed E-state index contributed by atoms with van der Waals surface area (Å²) in [4.78, 5) is 23.2. The van der Waals surface area contributed by atoms with Crippen LogP contribution in [0.3, 0.4) is 0 Å². The van der Waals surface area contributed by atoms with Gasteiger partial charge in [-0.05, 0) is 99.6 Å². The van der Waals surface area contributed by atoms with Crippen molar-refractivity contribution in [1.29, 1.82) is 0 Å². The Morgan fingerprint density at radius 1 is 0.948 bits per heavy atom. The van der Waals surface area contributed by atoms with Gasteiger partial charge in [0.05, 0.1) is 36.0 Å². The fraction of sp³-hybridized carbons (Fsp3) is 0.477. The highest BCUT2D eigenvalue weighted by Gasteiger charge is 2.50. The summed E-state index contributed by atoms with van der Waals surface area (Å²) < 4.78 is 61.6. The highest BCUT2D eigenvalue weighted by Crippen LogP contribution is 2.48. The molecule has 3 N–H and O–H groups in total. The molecule has 2 aromatic heterocycles. The van der Waals surface area contributed by atoms with Crippen LogP contribution < -0.4 is 19.5 Å². The topological polar surface area (TPSA) is 126 Å². The first-order chi connectivity index (χ1) is 27.7. The number of carbonyl (C=O) groups is 1. The van der Waals surface area contributed by atoms with Crippen LogP contribution in [-0.2, 0) is 30.5 Å². The number of alkyl halides is 3. The molecule has 0 unspecified atom stereocenters. The van der Waals surface area contributed by atoms with Gasteiger partial charge >= 0.3 is 12.1 Å². The number of rotatable bonds is 13. The Morgan fingerprint density at radius 3 is 2.33 bits per heavy atom. The van der Waals surface area contributed by atoms with Gasteiger partial charge in [0.1, 0.15) is 11.7 Å². The summed E-state index contributed by atoms with van der Waals surface area (Å²) in [6, 6.07) is 16.4. The van der Waals surface area contributed by atoms with Crippen LogP contribution in [0.2, 0.25) is 5.02 Å². The molecule has 3 aliphatic carbocycles. The largest absolute Gasteiger partial charge is 0.481 e. The number of aliphatic hydroxyl groups is 1. The van der Waals surface area contributed by atoms with Crippen LogP contribution >= 0.6 is 11.6 Å². The summed E-state index contributed by atoms with van der Waals surface area (Å²) in [5.74, 6) is -0.493. The molecule has 14 heteroatoms. The van der Waals surface area contributed by atoms with E-state index in [2.05, 4.69) is 10.3 Å². The number of fused-ring (bicyclic) bond motifs is 4. The molecule has 10 nitrogen and oxygen atoms in total. The molecule has 4 fully saturated rings. The van der Waals surface area contributed by atoms with E-state index in [9.17, 15) is 28.2 Å². The van der Waals surface area contributed by atoms with E-state index in [1.807, 2.05) is 60.4 Å². The summed E-state index contributed by atoms with van der Waals surface area (Å²) in [6.07, 6.45) is -0.470. The van der Waals surface area contributed by atoms with Crippen molar-refractivity contribution in [3.8, 4) is 40.0 Å². The van der Waals surface area contributed by atoms with Gasteiger partial charge in [0.15, 0.2) is 0 Å². The number of halogens is 4. The Morgan fingerprint density at radius 2 is 1.64 bits per heavy atom. The zero-order valence-electron chi connectivity index (χ0n) is 32.8. The second-order valence-electron chi connectivity index (χ2n) is 16.7. The molecule has 0 amide bonds. The van der Waals surface area contributed by atoms with E-state index in [1.54, 1.807) is 7.11 Å². The number of hydrogen-bond acceptors (Lipinski definition) is 9. The van der Waals surface area contributed by atoms with Crippen molar-refractivity contribution in [2.45, 2.75) is 95.3 Å². The standard InChI is InChI=1S/C44H48ClF3N4O6/c1-42(55)19-25(20-42)21-49-22-26-10-12-35(50-38(26)56-2)33-9-5-8-32(37(33)45)29-6-4-7-31-30(29)11-13-36(31)58-40-34(44(46,47)48)18-27(39(51-40)57-3)23-52-24-43(41(53)54)16-14-28(52)15-17-43/h4-10,12,18,25,28,36,49,55H,11,13-17,19-24H2,1-3H3,(H,53,54)/t25-,28?,36-,42-,43?/m0/s1. The molecular formula is C44H48ClF3N4O6. The van der Waals surface area contributed by atoms with Crippen LogP contribution in [0, 0.1) is 11.3 Å². The third kappa shape index (κ3) is 7.74. The van der Waals surface area contributed by atoms with Crippen molar-refractivity contribution in [3.63, 3.8) is 0 Å². The van der Waals surface area contributed by atoms with Crippen molar-refractivity contribution in [1.82, 2.24) is 20.2 Å². The minimum Gasteiger partial charge on any atom is -0.481 e. The number of aromatic nitrogens is 2. The van der Waals surface area contributed by atoms with Gasteiger partial charge in [-0.2, -0.15) is 18.2 Å². The lowest BCUT2D eigenvalue weighted by Crippen LogP contribution is -2.56. The summed E-state index contributed by atoms with van der Waals surface area (Å²) in [5, 5.41) is 24.0. The third-order valence-electron chi connectivity index (χ3n) is 12.7. The Balaban J connectivity index is 1.03. The zero-order valence-corrected chi connectivity index (χ0v) is 33.6. The van der Waals surface area contributed by atoms with Gasteiger partial charge in [-0.25, -0.2) is 4.98 Å². The maximum Gasteiger partial charge on any atom is 0.421 e. The lowest BCUT2D eigenvalue weighted by Gasteiger charge is -2.50. The summed E-state index contributed by atoms with van der Waals surface area (Å²) >= 11 is 7.15. The van der Waals surface area contributed by atoms with E-state index in [1.165, 1.54) is 7.11 Å². The van der Waals surface area contributed by atoms with Crippen LogP contribution in [0.5, 0.6) is 17.6 Å². The van der Waals surface area contributed by atoms with Crippen molar-refractivity contribution >= 4 is 17.6 Å². The first-order valence-corrected chi connectivity index (χ1v) is 20.2. The predicted octanol–water partition coefficient (Wildman–Crippen LogP) is 8.65. The van der Waals surface area contributed by atoms with Crippen molar-refractivity contribution < 1.29 is 42.4 Å². The highest BCUT2D eigenvalue weighted by molar-refractivity contribution is 6.36. The Kier molecular flexibility index (Phi) is 10.9. The Labute approximate surface area is 340 Å². The monoisotopic (exact) mass is 820 g/mol. The molecule has 308 valence electrons. The molecule has 2 aliphatic heterocycles. The predicted molar refractivity (Wildman–Crippen MR) is 212 cm³/mol. The number of nitrogens with one attached hydrogen (secondary N) is 1. The molecule has 2 bridgehead atoms. The zero-order chi connectivity index (χ0) is 41.0. The van der Waals surface area contributed by atoms with Crippen LogP contribution in [0.15, 0.2) is 54.6 Å². The SMILES string of the molecule is COc1nc(-c2cccc(-c3cccc4c3CC[C@@H]4Oc3nc(OC)c(CN4CC5(C(=O)O)CCC4CC5)cc3C(F)(F)F)c2Cl)ccc1CNC[C@H]1C[C@](C)(O)C1. The quantitative estimate of drug-likeness (QED) is 0.121. The van der Waals surface area contributed by atoms with E-state index in [0.717, 1.165) is 53.3 Å². The molecule has 5 aliphatic rings. The lowest BCUT2D eigenvalue weighted by atomic mass is 9.67. The highest BCUT2D eigenvalue weighted by atomic mass is 35.5. The summed E-state index contributed by atoms with van der Waals surface area (Å²) in [5.41, 5.74) is 3.30. The number of carboxylic acid groups (broad SMARTS) is 1. The summed E-state index contributed by atoms with van der Waals surface area (Å²) in [7, 11) is 2.94. The molecule has 2 saturated heterocycles. The number of hydrogen-bond donors (Lipinski definition) is 3. The fourth-order valence-corrected chi connectivity index (χ4v) is 10.0. The minimum atomic E-state index is -4.77. The second kappa shape index (κ2) is 15.6. The third-order valence-corrected chi connectivity index (χ3v) is 13.1. The number of carboxylic acids is 1. The molecule has 9 rings (SSSR count). The van der Waals surface area contributed by atoms with E-state index in [-0.39, 0.29) is 30.6 Å². The van der Waals surface area contributed by atoms with E-state index in [4.69, 9.17) is 30.8 Å². The first kappa shape index (κ1) is 40.4. The van der Waals surface area contributed by atoms with E-state index >= 15 is 0 Å².